The minimum absolute atomic E-state index is 0.270. The molecule has 5 nitrogen and oxygen atoms in total. The van der Waals surface area contributed by atoms with Crippen LogP contribution in [0.1, 0.15) is 29.3 Å². The van der Waals surface area contributed by atoms with Gasteiger partial charge in [-0.1, -0.05) is 46.3 Å². The van der Waals surface area contributed by atoms with Crippen LogP contribution in [0, 0.1) is 0 Å². The second-order valence-corrected chi connectivity index (χ2v) is 9.21. The smallest absolute Gasteiger partial charge is 0.410 e. The first kappa shape index (κ1) is 22.6. The fraction of sp³-hybridized carbons (Fsp3) is 0.348. The first-order valence-electron chi connectivity index (χ1n) is 10.2. The third-order valence-electron chi connectivity index (χ3n) is 5.37. The molecule has 2 aromatic carbocycles. The van der Waals surface area contributed by atoms with Gasteiger partial charge >= 0.3 is 6.09 Å². The van der Waals surface area contributed by atoms with Gasteiger partial charge in [0.2, 0.25) is 0 Å². The number of amides is 1. The molecule has 31 heavy (non-hydrogen) atoms. The topological polar surface area (TPSA) is 54.6 Å². The van der Waals surface area contributed by atoms with Crippen LogP contribution in [0.4, 0.5) is 4.79 Å². The van der Waals surface area contributed by atoms with Gasteiger partial charge in [-0.15, -0.1) is 11.6 Å². The van der Waals surface area contributed by atoms with E-state index < -0.39 is 0 Å². The molecular weight excluding hydrogens is 550 g/mol. The van der Waals surface area contributed by atoms with E-state index >= 15 is 0 Å². The summed E-state index contributed by atoms with van der Waals surface area (Å²) in [4.78, 5) is 18.2. The zero-order valence-corrected chi connectivity index (χ0v) is 20.5. The summed E-state index contributed by atoms with van der Waals surface area (Å²) in [5, 5.41) is 1.81. The molecule has 4 rings (SSSR count). The fourth-order valence-corrected chi connectivity index (χ4v) is 4.51. The monoisotopic (exact) mass is 572 g/mol. The minimum Gasteiger partial charge on any atom is -0.494 e. The molecule has 0 aliphatic carbocycles. The average Bonchev–Trinajstić information content (AvgIpc) is 3.15. The van der Waals surface area contributed by atoms with Gasteiger partial charge in [0.05, 0.1) is 6.61 Å². The van der Waals surface area contributed by atoms with Crippen LogP contribution in [0.3, 0.4) is 0 Å². The Kier molecular flexibility index (Phi) is 7.51. The van der Waals surface area contributed by atoms with Crippen LogP contribution in [0.15, 0.2) is 42.5 Å². The third-order valence-corrected chi connectivity index (χ3v) is 6.31. The van der Waals surface area contributed by atoms with Crippen molar-refractivity contribution in [2.75, 3.05) is 30.1 Å². The first-order chi connectivity index (χ1) is 15.1. The second kappa shape index (κ2) is 10.3. The number of aromatic nitrogens is 1. The van der Waals surface area contributed by atoms with Crippen molar-refractivity contribution in [3.8, 4) is 5.75 Å². The van der Waals surface area contributed by atoms with E-state index in [0.29, 0.717) is 30.7 Å². The Balaban J connectivity index is 1.71. The molecule has 164 valence electrons. The first-order valence-corrected chi connectivity index (χ1v) is 12.6. The summed E-state index contributed by atoms with van der Waals surface area (Å²) >= 11 is 14.2. The summed E-state index contributed by atoms with van der Waals surface area (Å²) in [6, 6.07) is 13.5. The Bertz CT molecular complexity index is 1050. The number of H-pyrrole nitrogens is 1. The normalized spacial score (nSPS) is 15.7. The highest BCUT2D eigenvalue weighted by Crippen LogP contribution is 2.39. The predicted octanol–water partition coefficient (Wildman–Crippen LogP) is 6.35. The van der Waals surface area contributed by atoms with Gasteiger partial charge in [-0.25, -0.2) is 4.79 Å². The summed E-state index contributed by atoms with van der Waals surface area (Å²) in [5.41, 5.74) is 4.21. The van der Waals surface area contributed by atoms with Crippen LogP contribution in [-0.4, -0.2) is 46.0 Å². The molecule has 2 heterocycles. The number of rotatable bonds is 7. The van der Waals surface area contributed by atoms with Crippen molar-refractivity contribution >= 4 is 62.8 Å². The maximum atomic E-state index is 12.9. The third kappa shape index (κ3) is 4.91. The lowest BCUT2D eigenvalue weighted by atomic mass is 9.92. The van der Waals surface area contributed by atoms with E-state index in [9.17, 15) is 4.79 Å². The number of fused-ring (bicyclic) bond motifs is 3. The molecule has 0 spiro atoms. The molecule has 1 aliphatic heterocycles. The average molecular weight is 573 g/mol. The van der Waals surface area contributed by atoms with Crippen molar-refractivity contribution in [2.45, 2.75) is 18.9 Å². The van der Waals surface area contributed by atoms with E-state index in [1.165, 1.54) is 5.56 Å². The van der Waals surface area contributed by atoms with E-state index in [1.807, 2.05) is 42.5 Å². The SMILES string of the molecule is O=C(OCCI)N1CCc2c([nH]c3ccc(Cl)cc23)C1c1ccc(OCCCCl)cc1. The van der Waals surface area contributed by atoms with Crippen LogP contribution in [-0.2, 0) is 11.2 Å². The maximum absolute atomic E-state index is 12.9. The lowest BCUT2D eigenvalue weighted by molar-refractivity contribution is 0.0945. The number of benzene rings is 2. The Hall–Kier alpha value is -1.64. The number of nitrogens with one attached hydrogen (secondary N) is 1. The van der Waals surface area contributed by atoms with Crippen LogP contribution >= 0.6 is 45.8 Å². The summed E-state index contributed by atoms with van der Waals surface area (Å²) < 4.78 is 12.0. The molecule has 8 heteroatoms. The Morgan fingerprint density at radius 2 is 2.00 bits per heavy atom. The van der Waals surface area contributed by atoms with Crippen LogP contribution in [0.25, 0.3) is 10.9 Å². The molecule has 0 saturated carbocycles. The number of alkyl halides is 2. The van der Waals surface area contributed by atoms with Gasteiger partial charge in [0.1, 0.15) is 18.4 Å². The quantitative estimate of drug-likeness (QED) is 0.204. The van der Waals surface area contributed by atoms with Crippen molar-refractivity contribution in [2.24, 2.45) is 0 Å². The largest absolute Gasteiger partial charge is 0.494 e. The molecule has 1 atom stereocenters. The molecule has 1 aromatic heterocycles. The van der Waals surface area contributed by atoms with E-state index in [0.717, 1.165) is 45.2 Å². The van der Waals surface area contributed by atoms with Gasteiger partial charge < -0.3 is 14.5 Å². The van der Waals surface area contributed by atoms with Crippen molar-refractivity contribution in [1.82, 2.24) is 9.88 Å². The number of hydrogen-bond acceptors (Lipinski definition) is 3. The standard InChI is InChI=1S/C23H23Cl2IN2O3/c24-9-1-12-30-17-5-2-15(3-6-17)22-21-18(8-11-28(22)23(29)31-13-10-26)19-14-16(25)4-7-20(19)27-21/h2-7,14,22,27H,1,8-13H2. The molecule has 1 N–H and O–H groups in total. The lowest BCUT2D eigenvalue weighted by Gasteiger charge is -2.35. The molecule has 0 fully saturated rings. The number of aromatic amines is 1. The van der Waals surface area contributed by atoms with Crippen molar-refractivity contribution in [3.05, 3.63) is 64.3 Å². The summed E-state index contributed by atoms with van der Waals surface area (Å²) in [5.74, 6) is 1.36. The number of carbonyl (C=O) groups excluding carboxylic acids is 1. The van der Waals surface area contributed by atoms with Crippen molar-refractivity contribution in [3.63, 3.8) is 0 Å². The summed E-state index contributed by atoms with van der Waals surface area (Å²) in [6.45, 7) is 1.55. The number of nitrogens with zero attached hydrogens (tertiary/aromatic N) is 1. The highest BCUT2D eigenvalue weighted by atomic mass is 127. The van der Waals surface area contributed by atoms with Crippen LogP contribution in [0.2, 0.25) is 5.02 Å². The van der Waals surface area contributed by atoms with Crippen LogP contribution in [0.5, 0.6) is 5.75 Å². The maximum Gasteiger partial charge on any atom is 0.410 e. The van der Waals surface area contributed by atoms with Gasteiger partial charge in [0.25, 0.3) is 0 Å². The van der Waals surface area contributed by atoms with E-state index in [-0.39, 0.29) is 12.1 Å². The number of halogens is 3. The molecule has 0 bridgehead atoms. The van der Waals surface area contributed by atoms with E-state index in [4.69, 9.17) is 32.7 Å². The summed E-state index contributed by atoms with van der Waals surface area (Å²) in [7, 11) is 0. The Labute approximate surface area is 205 Å². The molecule has 3 aromatic rings. The molecule has 0 radical (unpaired) electrons. The fourth-order valence-electron chi connectivity index (χ4n) is 4.00. The molecular formula is C23H23Cl2IN2O3. The lowest BCUT2D eigenvalue weighted by Crippen LogP contribution is -2.41. The Morgan fingerprint density at radius 1 is 1.19 bits per heavy atom. The van der Waals surface area contributed by atoms with E-state index in [1.54, 1.807) is 4.90 Å². The molecule has 1 unspecified atom stereocenters. The molecule has 0 saturated heterocycles. The summed E-state index contributed by atoms with van der Waals surface area (Å²) in [6.07, 6.45) is 1.24. The van der Waals surface area contributed by atoms with Gasteiger partial charge in [-0.2, -0.15) is 0 Å². The second-order valence-electron chi connectivity index (χ2n) is 7.32. The van der Waals surface area contributed by atoms with Gasteiger partial charge in [-0.05, 0) is 54.3 Å². The Morgan fingerprint density at radius 3 is 2.74 bits per heavy atom. The molecule has 1 aliphatic rings. The number of carbonyl (C=O) groups is 1. The van der Waals surface area contributed by atoms with E-state index in [2.05, 4.69) is 27.6 Å². The number of hydrogen-bond donors (Lipinski definition) is 1. The zero-order chi connectivity index (χ0) is 21.8. The predicted molar refractivity (Wildman–Crippen MR) is 133 cm³/mol. The molecule has 1 amide bonds. The highest BCUT2D eigenvalue weighted by molar-refractivity contribution is 14.1. The minimum atomic E-state index is -0.300. The van der Waals surface area contributed by atoms with Gasteiger partial charge in [-0.3, -0.25) is 4.90 Å². The number of ether oxygens (including phenoxy) is 2. The van der Waals surface area contributed by atoms with Gasteiger partial charge in [0.15, 0.2) is 0 Å². The van der Waals surface area contributed by atoms with Gasteiger partial charge in [0, 0.05) is 38.5 Å². The van der Waals surface area contributed by atoms with Crippen LogP contribution < -0.4 is 4.74 Å². The zero-order valence-electron chi connectivity index (χ0n) is 16.9. The van der Waals surface area contributed by atoms with Crippen molar-refractivity contribution < 1.29 is 14.3 Å². The van der Waals surface area contributed by atoms with Crippen molar-refractivity contribution in [1.29, 1.82) is 0 Å². The highest BCUT2D eigenvalue weighted by Gasteiger charge is 2.35.